The SMILES string of the molecule is CCNC(=NCCNC(=O)OC(C)(C)C)N1CCC(N2CCOCC2)C1.I. The summed E-state index contributed by atoms with van der Waals surface area (Å²) in [6, 6.07) is 0.572. The number of hydrogen-bond acceptors (Lipinski definition) is 5. The molecular weight excluding hydrogens is 461 g/mol. The van der Waals surface area contributed by atoms with Crippen LogP contribution in [0.3, 0.4) is 0 Å². The monoisotopic (exact) mass is 497 g/mol. The van der Waals surface area contributed by atoms with Crippen LogP contribution in [0.2, 0.25) is 0 Å². The highest BCUT2D eigenvalue weighted by molar-refractivity contribution is 14.0. The fourth-order valence-corrected chi connectivity index (χ4v) is 3.23. The van der Waals surface area contributed by atoms with Crippen molar-refractivity contribution < 1.29 is 14.3 Å². The average molecular weight is 497 g/mol. The first-order chi connectivity index (χ1) is 12.4. The van der Waals surface area contributed by atoms with Gasteiger partial charge in [0.05, 0.1) is 19.8 Å². The third-order valence-electron chi connectivity index (χ3n) is 4.40. The lowest BCUT2D eigenvalue weighted by Crippen LogP contribution is -2.46. The van der Waals surface area contributed by atoms with E-state index in [-0.39, 0.29) is 24.0 Å². The lowest BCUT2D eigenvalue weighted by molar-refractivity contribution is 0.0195. The number of amides is 1. The summed E-state index contributed by atoms with van der Waals surface area (Å²) < 4.78 is 10.7. The predicted molar refractivity (Wildman–Crippen MR) is 118 cm³/mol. The molecule has 0 spiro atoms. The number of ether oxygens (including phenoxy) is 2. The number of likely N-dealkylation sites (tertiary alicyclic amines) is 1. The van der Waals surface area contributed by atoms with Crippen molar-refractivity contribution in [3.63, 3.8) is 0 Å². The van der Waals surface area contributed by atoms with Gasteiger partial charge in [-0.2, -0.15) is 0 Å². The molecule has 1 amide bonds. The van der Waals surface area contributed by atoms with Crippen LogP contribution in [0.15, 0.2) is 4.99 Å². The lowest BCUT2D eigenvalue weighted by Gasteiger charge is -2.32. The molecule has 1 unspecified atom stereocenters. The van der Waals surface area contributed by atoms with Gasteiger partial charge in [0.15, 0.2) is 5.96 Å². The van der Waals surface area contributed by atoms with Gasteiger partial charge in [0.1, 0.15) is 5.60 Å². The number of carbonyl (C=O) groups is 1. The number of rotatable bonds is 5. The van der Waals surface area contributed by atoms with Crippen molar-refractivity contribution >= 4 is 36.0 Å². The molecular formula is C18H36IN5O3. The van der Waals surface area contributed by atoms with Gasteiger partial charge in [-0.1, -0.05) is 0 Å². The molecule has 0 radical (unpaired) electrons. The molecule has 0 aromatic carbocycles. The first-order valence-corrected chi connectivity index (χ1v) is 9.71. The molecule has 0 aromatic heterocycles. The number of hydrogen-bond donors (Lipinski definition) is 2. The molecule has 8 nitrogen and oxygen atoms in total. The molecule has 158 valence electrons. The Morgan fingerprint density at radius 2 is 1.93 bits per heavy atom. The second-order valence-corrected chi connectivity index (χ2v) is 7.70. The lowest BCUT2D eigenvalue weighted by atomic mass is 10.2. The second kappa shape index (κ2) is 11.9. The number of aliphatic imine (C=N–C) groups is 1. The van der Waals surface area contributed by atoms with Crippen molar-refractivity contribution in [2.45, 2.75) is 45.8 Å². The van der Waals surface area contributed by atoms with Gasteiger partial charge in [0.25, 0.3) is 0 Å². The molecule has 2 aliphatic heterocycles. The maximum atomic E-state index is 11.7. The Morgan fingerprint density at radius 1 is 1.22 bits per heavy atom. The van der Waals surface area contributed by atoms with Crippen LogP contribution in [-0.4, -0.2) is 92.5 Å². The predicted octanol–water partition coefficient (Wildman–Crippen LogP) is 1.50. The van der Waals surface area contributed by atoms with Gasteiger partial charge in [-0.05, 0) is 34.1 Å². The van der Waals surface area contributed by atoms with Gasteiger partial charge in [-0.15, -0.1) is 24.0 Å². The number of morpholine rings is 1. The van der Waals surface area contributed by atoms with Gasteiger partial charge >= 0.3 is 6.09 Å². The summed E-state index contributed by atoms with van der Waals surface area (Å²) in [4.78, 5) is 21.2. The molecule has 9 heteroatoms. The zero-order chi connectivity index (χ0) is 19.0. The Hall–Kier alpha value is -0.810. The minimum atomic E-state index is -0.480. The maximum Gasteiger partial charge on any atom is 0.407 e. The van der Waals surface area contributed by atoms with E-state index >= 15 is 0 Å². The molecule has 0 saturated carbocycles. The first kappa shape index (κ1) is 24.2. The molecule has 0 aliphatic carbocycles. The van der Waals surface area contributed by atoms with Gasteiger partial charge in [-0.3, -0.25) is 9.89 Å². The van der Waals surface area contributed by atoms with E-state index in [1.807, 2.05) is 20.8 Å². The van der Waals surface area contributed by atoms with E-state index in [0.717, 1.165) is 58.3 Å². The summed E-state index contributed by atoms with van der Waals surface area (Å²) in [7, 11) is 0. The quantitative estimate of drug-likeness (QED) is 0.260. The van der Waals surface area contributed by atoms with E-state index in [4.69, 9.17) is 9.47 Å². The van der Waals surface area contributed by atoms with Crippen molar-refractivity contribution in [2.75, 3.05) is 59.0 Å². The maximum absolute atomic E-state index is 11.7. The van der Waals surface area contributed by atoms with Crippen molar-refractivity contribution in [1.29, 1.82) is 0 Å². The summed E-state index contributed by atoms with van der Waals surface area (Å²) in [6.07, 6.45) is 0.756. The number of nitrogens with one attached hydrogen (secondary N) is 2. The summed E-state index contributed by atoms with van der Waals surface area (Å²) in [6.45, 7) is 15.2. The minimum absolute atomic E-state index is 0. The molecule has 2 fully saturated rings. The van der Waals surface area contributed by atoms with E-state index in [2.05, 4.69) is 32.3 Å². The summed E-state index contributed by atoms with van der Waals surface area (Å²) in [5.41, 5.74) is -0.480. The zero-order valence-electron chi connectivity index (χ0n) is 17.1. The van der Waals surface area contributed by atoms with E-state index in [1.54, 1.807) is 0 Å². The molecule has 0 bridgehead atoms. The molecule has 1 atom stereocenters. The van der Waals surface area contributed by atoms with E-state index in [0.29, 0.717) is 19.1 Å². The van der Waals surface area contributed by atoms with Gasteiger partial charge < -0.3 is 25.0 Å². The highest BCUT2D eigenvalue weighted by Gasteiger charge is 2.30. The van der Waals surface area contributed by atoms with Crippen LogP contribution in [0.1, 0.15) is 34.1 Å². The fourth-order valence-electron chi connectivity index (χ4n) is 3.23. The molecule has 2 rings (SSSR count). The fraction of sp³-hybridized carbons (Fsp3) is 0.889. The van der Waals surface area contributed by atoms with Crippen LogP contribution in [0, 0.1) is 0 Å². The van der Waals surface area contributed by atoms with E-state index in [1.165, 1.54) is 0 Å². The Balaban J connectivity index is 0.00000364. The summed E-state index contributed by atoms with van der Waals surface area (Å²) in [5.74, 6) is 0.925. The van der Waals surface area contributed by atoms with Crippen LogP contribution >= 0.6 is 24.0 Å². The molecule has 27 heavy (non-hydrogen) atoms. The summed E-state index contributed by atoms with van der Waals surface area (Å²) >= 11 is 0. The second-order valence-electron chi connectivity index (χ2n) is 7.70. The topological polar surface area (TPSA) is 78.4 Å². The summed E-state index contributed by atoms with van der Waals surface area (Å²) in [5, 5.41) is 6.11. The third kappa shape index (κ3) is 8.82. The minimum Gasteiger partial charge on any atom is -0.444 e. The van der Waals surface area contributed by atoms with Crippen molar-refractivity contribution in [1.82, 2.24) is 20.4 Å². The highest BCUT2D eigenvalue weighted by atomic mass is 127. The number of guanidine groups is 1. The smallest absolute Gasteiger partial charge is 0.407 e. The van der Waals surface area contributed by atoms with Crippen LogP contribution in [0.5, 0.6) is 0 Å². The Morgan fingerprint density at radius 3 is 2.56 bits per heavy atom. The van der Waals surface area contributed by atoms with Crippen LogP contribution in [0.4, 0.5) is 4.79 Å². The van der Waals surface area contributed by atoms with Crippen molar-refractivity contribution in [2.24, 2.45) is 4.99 Å². The number of alkyl carbamates (subject to hydrolysis) is 1. The average Bonchev–Trinajstić information content (AvgIpc) is 3.07. The molecule has 0 aromatic rings. The first-order valence-electron chi connectivity index (χ1n) is 9.71. The van der Waals surface area contributed by atoms with E-state index in [9.17, 15) is 4.79 Å². The number of halogens is 1. The van der Waals surface area contributed by atoms with E-state index < -0.39 is 11.7 Å². The standard InChI is InChI=1S/C18H35N5O3.HI/c1-5-19-16(20-7-8-21-17(24)26-18(2,3)4)23-9-6-15(14-23)22-10-12-25-13-11-22;/h15H,5-14H2,1-4H3,(H,19,20)(H,21,24);1H. The van der Waals surface area contributed by atoms with Crippen LogP contribution in [0.25, 0.3) is 0 Å². The Kier molecular flexibility index (Phi) is 10.7. The van der Waals surface area contributed by atoms with Gasteiger partial charge in [0.2, 0.25) is 0 Å². The van der Waals surface area contributed by atoms with Crippen LogP contribution in [-0.2, 0) is 9.47 Å². The number of nitrogens with zero attached hydrogens (tertiary/aromatic N) is 3. The molecule has 2 saturated heterocycles. The largest absolute Gasteiger partial charge is 0.444 e. The molecule has 2 aliphatic rings. The normalized spacial score (nSPS) is 21.6. The third-order valence-corrected chi connectivity index (χ3v) is 4.40. The number of carbonyl (C=O) groups excluding carboxylic acids is 1. The van der Waals surface area contributed by atoms with Gasteiger partial charge in [0, 0.05) is 45.3 Å². The Bertz CT molecular complexity index is 478. The molecule has 2 heterocycles. The van der Waals surface area contributed by atoms with Crippen molar-refractivity contribution in [3.05, 3.63) is 0 Å². The van der Waals surface area contributed by atoms with Gasteiger partial charge in [-0.25, -0.2) is 4.79 Å². The highest BCUT2D eigenvalue weighted by Crippen LogP contribution is 2.17. The zero-order valence-corrected chi connectivity index (χ0v) is 19.5. The van der Waals surface area contributed by atoms with Crippen LogP contribution < -0.4 is 10.6 Å². The molecule has 2 N–H and O–H groups in total. The van der Waals surface area contributed by atoms with Crippen molar-refractivity contribution in [3.8, 4) is 0 Å². The Labute approximate surface area is 180 Å².